The van der Waals surface area contributed by atoms with Gasteiger partial charge in [0.15, 0.2) is 12.2 Å². The fourth-order valence-corrected chi connectivity index (χ4v) is 5.22. The van der Waals surface area contributed by atoms with Crippen molar-refractivity contribution in [3.05, 3.63) is 0 Å². The lowest BCUT2D eigenvalue weighted by Crippen LogP contribution is -2.58. The maximum Gasteiger partial charge on any atom is 0.408 e. The van der Waals surface area contributed by atoms with Gasteiger partial charge in [0, 0.05) is 44.6 Å². The molecule has 216 valence electrons. The van der Waals surface area contributed by atoms with Gasteiger partial charge in [0.1, 0.15) is 17.7 Å². The Kier molecular flexibility index (Phi) is 12.8. The molecule has 0 saturated heterocycles. The topological polar surface area (TPSA) is 170 Å². The molecule has 6 atom stereocenters. The van der Waals surface area contributed by atoms with Crippen LogP contribution in [0.4, 0.5) is 4.79 Å². The highest BCUT2D eigenvalue weighted by atomic mass is 32.2. The second-order valence-corrected chi connectivity index (χ2v) is 10.9. The lowest BCUT2D eigenvalue weighted by atomic mass is 9.82. The fourth-order valence-electron chi connectivity index (χ4n) is 3.78. The van der Waals surface area contributed by atoms with Crippen molar-refractivity contribution in [2.45, 2.75) is 90.1 Å². The van der Waals surface area contributed by atoms with Gasteiger partial charge in [-0.2, -0.15) is 11.8 Å². The number of hydrogen-bond acceptors (Lipinski definition) is 13. The van der Waals surface area contributed by atoms with Gasteiger partial charge in [-0.15, -0.1) is 0 Å². The van der Waals surface area contributed by atoms with Gasteiger partial charge in [0.05, 0.1) is 13.7 Å². The van der Waals surface area contributed by atoms with E-state index in [4.69, 9.17) is 28.4 Å². The van der Waals surface area contributed by atoms with Crippen LogP contribution in [0.1, 0.15) is 54.9 Å². The van der Waals surface area contributed by atoms with E-state index in [1.165, 1.54) is 20.8 Å². The summed E-state index contributed by atoms with van der Waals surface area (Å²) in [5, 5.41) is 1.82. The van der Waals surface area contributed by atoms with E-state index in [2.05, 4.69) is 5.32 Å². The quantitative estimate of drug-likeness (QED) is 0.300. The minimum Gasteiger partial charge on any atom is -0.467 e. The zero-order valence-corrected chi connectivity index (χ0v) is 23.7. The highest BCUT2D eigenvalue weighted by Gasteiger charge is 2.51. The number of amides is 1. The first-order valence-electron chi connectivity index (χ1n) is 11.9. The van der Waals surface area contributed by atoms with E-state index < -0.39 is 77.1 Å². The molecule has 1 aliphatic carbocycles. The van der Waals surface area contributed by atoms with Crippen LogP contribution in [0.5, 0.6) is 0 Å². The SMILES string of the molecule is COC(=O)[C@H](CS[C@H]1C[C@H](COC(C)=O)[C@H](OC(C)=O)[C@H](OC(C)=O)[C@H]1OC(C)=O)NC(=O)OC(C)(C)C. The molecule has 0 aliphatic heterocycles. The van der Waals surface area contributed by atoms with Crippen molar-refractivity contribution in [2.24, 2.45) is 5.92 Å². The zero-order valence-electron chi connectivity index (χ0n) is 22.9. The number of thioether (sulfide) groups is 1. The standard InChI is InChI=1S/C24H37NO12S/c1-12(26)33-10-16-9-18(38-11-17(22(30)32-8)25-23(31)37-24(5,6)7)20(35-14(3)28)21(36-15(4)29)19(16)34-13(2)27/h16-21H,9-11H2,1-8H3,(H,25,31)/t16-,17+,18+,19+,20+,21+/m1/s1. The minimum atomic E-state index is -1.23. The van der Waals surface area contributed by atoms with Crippen LogP contribution < -0.4 is 5.32 Å². The van der Waals surface area contributed by atoms with E-state index in [0.29, 0.717) is 0 Å². The van der Waals surface area contributed by atoms with Crippen molar-refractivity contribution < 1.29 is 57.2 Å². The highest BCUT2D eigenvalue weighted by molar-refractivity contribution is 8.00. The van der Waals surface area contributed by atoms with Crippen molar-refractivity contribution in [1.82, 2.24) is 5.32 Å². The molecule has 0 radical (unpaired) electrons. The van der Waals surface area contributed by atoms with E-state index in [0.717, 1.165) is 25.8 Å². The summed E-state index contributed by atoms with van der Waals surface area (Å²) >= 11 is 1.13. The van der Waals surface area contributed by atoms with Crippen LogP contribution in [0.2, 0.25) is 0 Å². The molecule has 0 heterocycles. The average molecular weight is 564 g/mol. The van der Waals surface area contributed by atoms with Crippen molar-refractivity contribution in [3.8, 4) is 0 Å². The molecule has 1 saturated carbocycles. The number of rotatable bonds is 10. The summed E-state index contributed by atoms with van der Waals surface area (Å²) in [4.78, 5) is 72.0. The first-order valence-corrected chi connectivity index (χ1v) is 12.9. The molecule has 1 N–H and O–H groups in total. The van der Waals surface area contributed by atoms with Gasteiger partial charge < -0.3 is 33.7 Å². The van der Waals surface area contributed by atoms with Crippen LogP contribution in [0.3, 0.4) is 0 Å². The smallest absolute Gasteiger partial charge is 0.408 e. The molecule has 0 aromatic heterocycles. The van der Waals surface area contributed by atoms with E-state index in [1.54, 1.807) is 20.8 Å². The van der Waals surface area contributed by atoms with E-state index >= 15 is 0 Å². The minimum absolute atomic E-state index is 0.0420. The molecule has 1 amide bonds. The third-order valence-corrected chi connectivity index (χ3v) is 6.49. The van der Waals surface area contributed by atoms with Gasteiger partial charge in [0.2, 0.25) is 0 Å². The molecule has 1 rings (SSSR count). The number of carbonyl (C=O) groups excluding carboxylic acids is 6. The molecule has 0 bridgehead atoms. The Balaban J connectivity index is 3.31. The molecular weight excluding hydrogens is 526 g/mol. The third kappa shape index (κ3) is 11.6. The van der Waals surface area contributed by atoms with Crippen LogP contribution in [0.25, 0.3) is 0 Å². The maximum absolute atomic E-state index is 12.4. The normalized spacial score (nSPS) is 23.7. The summed E-state index contributed by atoms with van der Waals surface area (Å²) in [6, 6.07) is -1.14. The Morgan fingerprint density at radius 1 is 0.842 bits per heavy atom. The molecule has 0 unspecified atom stereocenters. The second-order valence-electron chi connectivity index (χ2n) is 9.61. The number of esters is 5. The van der Waals surface area contributed by atoms with Crippen LogP contribution >= 0.6 is 11.8 Å². The molecule has 38 heavy (non-hydrogen) atoms. The molecule has 0 aromatic rings. The Bertz CT molecular complexity index is 886. The summed E-state index contributed by atoms with van der Waals surface area (Å²) in [5.74, 6) is -4.09. The Labute approximate surface area is 225 Å². The maximum atomic E-state index is 12.4. The third-order valence-electron chi connectivity index (χ3n) is 5.07. The molecule has 14 heteroatoms. The predicted molar refractivity (Wildman–Crippen MR) is 133 cm³/mol. The Morgan fingerprint density at radius 2 is 1.37 bits per heavy atom. The Morgan fingerprint density at radius 3 is 1.84 bits per heavy atom. The number of hydrogen-bond donors (Lipinski definition) is 1. The van der Waals surface area contributed by atoms with Gasteiger partial charge in [-0.1, -0.05) is 0 Å². The number of carbonyl (C=O) groups is 6. The second kappa shape index (κ2) is 14.8. The van der Waals surface area contributed by atoms with Crippen LogP contribution in [0, 0.1) is 5.92 Å². The van der Waals surface area contributed by atoms with Crippen molar-refractivity contribution in [3.63, 3.8) is 0 Å². The molecule has 0 spiro atoms. The number of ether oxygens (including phenoxy) is 6. The van der Waals surface area contributed by atoms with Gasteiger partial charge in [-0.3, -0.25) is 19.2 Å². The van der Waals surface area contributed by atoms with Crippen LogP contribution in [0.15, 0.2) is 0 Å². The summed E-state index contributed by atoms with van der Waals surface area (Å²) in [5.41, 5.74) is -0.811. The van der Waals surface area contributed by atoms with Crippen molar-refractivity contribution in [2.75, 3.05) is 19.5 Å². The lowest BCUT2D eigenvalue weighted by Gasteiger charge is -2.44. The van der Waals surface area contributed by atoms with Gasteiger partial charge in [-0.05, 0) is 27.2 Å². The number of methoxy groups -OCH3 is 1. The molecule has 1 aliphatic rings. The van der Waals surface area contributed by atoms with Crippen LogP contribution in [-0.4, -0.2) is 90.6 Å². The first kappa shape index (κ1) is 33.0. The number of nitrogens with one attached hydrogen (secondary N) is 1. The fraction of sp³-hybridized carbons (Fsp3) is 0.750. The summed E-state index contributed by atoms with van der Waals surface area (Å²) in [7, 11) is 1.16. The molecule has 13 nitrogen and oxygen atoms in total. The first-order chi connectivity index (χ1) is 17.5. The summed E-state index contributed by atoms with van der Waals surface area (Å²) in [6.07, 6.45) is -4.09. The monoisotopic (exact) mass is 563 g/mol. The van der Waals surface area contributed by atoms with E-state index in [1.807, 2.05) is 0 Å². The summed E-state index contributed by atoms with van der Waals surface area (Å²) in [6.45, 7) is 9.51. The van der Waals surface area contributed by atoms with Crippen molar-refractivity contribution in [1.29, 1.82) is 0 Å². The van der Waals surface area contributed by atoms with Gasteiger partial charge in [0.25, 0.3) is 0 Å². The largest absolute Gasteiger partial charge is 0.467 e. The predicted octanol–water partition coefficient (Wildman–Crippen LogP) is 1.53. The molecular formula is C24H37NO12S. The van der Waals surface area contributed by atoms with Gasteiger partial charge >= 0.3 is 35.9 Å². The number of alkyl carbamates (subject to hydrolysis) is 1. The molecule has 0 aromatic carbocycles. The summed E-state index contributed by atoms with van der Waals surface area (Å²) < 4.78 is 31.6. The van der Waals surface area contributed by atoms with Crippen LogP contribution in [-0.2, 0) is 52.4 Å². The lowest BCUT2D eigenvalue weighted by molar-refractivity contribution is -0.198. The average Bonchev–Trinajstić information content (AvgIpc) is 2.75. The van der Waals surface area contributed by atoms with Gasteiger partial charge in [-0.25, -0.2) is 9.59 Å². The molecule has 1 fully saturated rings. The highest BCUT2D eigenvalue weighted by Crippen LogP contribution is 2.38. The van der Waals surface area contributed by atoms with Crippen molar-refractivity contribution >= 4 is 47.7 Å². The zero-order chi connectivity index (χ0) is 29.2. The van der Waals surface area contributed by atoms with E-state index in [9.17, 15) is 28.8 Å². The Hall–Kier alpha value is -3.03. The van der Waals surface area contributed by atoms with E-state index in [-0.39, 0.29) is 18.8 Å².